The van der Waals surface area contributed by atoms with Crippen molar-refractivity contribution in [2.24, 2.45) is 0 Å². The van der Waals surface area contributed by atoms with Gasteiger partial charge < -0.3 is 26.0 Å². The number of benzene rings is 2. The van der Waals surface area contributed by atoms with E-state index in [1.807, 2.05) is 0 Å². The lowest BCUT2D eigenvalue weighted by Gasteiger charge is -2.09. The standard InChI is InChI=1S/C23H20N2O6/c1-12(26)24-16-7-3-5-14(9-16)18-11-19(21(29)23(31)22(30)20(18)28)15-6-4-8-17(10-15)25-13(2)27/h3-11H,1-2H3,(H,24,26)(H,25,27)(H3,28,29,30,31). The lowest BCUT2D eigenvalue weighted by molar-refractivity contribution is -0.115. The largest absolute Gasteiger partial charge is 0.504 e. The van der Waals surface area contributed by atoms with E-state index in [9.17, 15) is 29.7 Å². The topological polar surface area (TPSA) is 136 Å². The predicted octanol–water partition coefficient (Wildman–Crippen LogP) is 3.41. The first-order chi connectivity index (χ1) is 14.7. The first kappa shape index (κ1) is 21.4. The van der Waals surface area contributed by atoms with Crippen molar-refractivity contribution in [1.82, 2.24) is 0 Å². The summed E-state index contributed by atoms with van der Waals surface area (Å²) in [5.74, 6) is -3.09. The summed E-state index contributed by atoms with van der Waals surface area (Å²) in [7, 11) is 0. The average molecular weight is 420 g/mol. The highest BCUT2D eigenvalue weighted by Crippen LogP contribution is 2.40. The zero-order valence-corrected chi connectivity index (χ0v) is 16.8. The molecule has 0 atom stereocenters. The lowest BCUT2D eigenvalue weighted by atomic mass is 10.0. The van der Waals surface area contributed by atoms with Gasteiger partial charge in [-0.05, 0) is 41.5 Å². The average Bonchev–Trinajstić information content (AvgIpc) is 2.79. The molecule has 0 heterocycles. The van der Waals surface area contributed by atoms with Crippen LogP contribution in [0.15, 0.2) is 59.4 Å². The fourth-order valence-corrected chi connectivity index (χ4v) is 3.13. The van der Waals surface area contributed by atoms with Gasteiger partial charge in [-0.25, -0.2) is 0 Å². The van der Waals surface area contributed by atoms with E-state index in [0.29, 0.717) is 22.5 Å². The van der Waals surface area contributed by atoms with Gasteiger partial charge in [-0.3, -0.25) is 14.4 Å². The summed E-state index contributed by atoms with van der Waals surface area (Å²) >= 11 is 0. The number of carbonyl (C=O) groups excluding carboxylic acids is 2. The van der Waals surface area contributed by atoms with Crippen molar-refractivity contribution < 1.29 is 24.9 Å². The predicted molar refractivity (Wildman–Crippen MR) is 117 cm³/mol. The number of nitrogens with one attached hydrogen (secondary N) is 2. The van der Waals surface area contributed by atoms with E-state index in [4.69, 9.17) is 0 Å². The van der Waals surface area contributed by atoms with Gasteiger partial charge in [-0.1, -0.05) is 24.3 Å². The summed E-state index contributed by atoms with van der Waals surface area (Å²) in [4.78, 5) is 35.2. The van der Waals surface area contributed by atoms with E-state index < -0.39 is 22.7 Å². The van der Waals surface area contributed by atoms with Crippen LogP contribution in [0.2, 0.25) is 0 Å². The summed E-state index contributed by atoms with van der Waals surface area (Å²) in [6.07, 6.45) is 0. The third-order valence-electron chi connectivity index (χ3n) is 4.44. The molecule has 0 unspecified atom stereocenters. The molecule has 3 aromatic carbocycles. The Labute approximate surface area is 177 Å². The van der Waals surface area contributed by atoms with Crippen molar-refractivity contribution in [3.8, 4) is 39.5 Å². The Morgan fingerprint density at radius 1 is 0.677 bits per heavy atom. The number of hydrogen-bond acceptors (Lipinski definition) is 6. The number of hydrogen-bond donors (Lipinski definition) is 5. The second-order valence-electron chi connectivity index (χ2n) is 6.87. The van der Waals surface area contributed by atoms with Crippen LogP contribution >= 0.6 is 0 Å². The molecule has 158 valence electrons. The maximum Gasteiger partial charge on any atom is 0.266 e. The lowest BCUT2D eigenvalue weighted by Crippen LogP contribution is -2.05. The molecule has 0 aliphatic carbocycles. The van der Waals surface area contributed by atoms with Crippen LogP contribution in [0.4, 0.5) is 11.4 Å². The normalized spacial score (nSPS) is 10.4. The van der Waals surface area contributed by atoms with Crippen LogP contribution in [0.1, 0.15) is 13.8 Å². The van der Waals surface area contributed by atoms with Gasteiger partial charge in [0.05, 0.1) is 0 Å². The summed E-state index contributed by atoms with van der Waals surface area (Å²) in [5.41, 5.74) is 0.571. The molecule has 0 spiro atoms. The van der Waals surface area contributed by atoms with Crippen LogP contribution in [0.5, 0.6) is 17.2 Å². The summed E-state index contributed by atoms with van der Waals surface area (Å²) in [5, 5.41) is 36.5. The Kier molecular flexibility index (Phi) is 5.92. The number of carbonyl (C=O) groups is 2. The third kappa shape index (κ3) is 4.64. The van der Waals surface area contributed by atoms with E-state index in [-0.39, 0.29) is 22.9 Å². The van der Waals surface area contributed by atoms with Gasteiger partial charge in [0.1, 0.15) is 0 Å². The van der Waals surface area contributed by atoms with Crippen LogP contribution in [0, 0.1) is 0 Å². The van der Waals surface area contributed by atoms with Crippen molar-refractivity contribution >= 4 is 23.2 Å². The van der Waals surface area contributed by atoms with Crippen LogP contribution in [-0.4, -0.2) is 27.1 Å². The first-order valence-corrected chi connectivity index (χ1v) is 9.25. The van der Waals surface area contributed by atoms with E-state index in [2.05, 4.69) is 10.6 Å². The number of rotatable bonds is 4. The molecule has 3 aromatic rings. The van der Waals surface area contributed by atoms with Gasteiger partial charge >= 0.3 is 0 Å². The molecule has 2 amide bonds. The van der Waals surface area contributed by atoms with Gasteiger partial charge in [0.2, 0.25) is 17.6 Å². The van der Waals surface area contributed by atoms with Crippen LogP contribution in [-0.2, 0) is 9.59 Å². The van der Waals surface area contributed by atoms with Gasteiger partial charge in [0.25, 0.3) is 5.43 Å². The van der Waals surface area contributed by atoms with Crippen molar-refractivity contribution in [2.45, 2.75) is 13.8 Å². The van der Waals surface area contributed by atoms with Crippen LogP contribution < -0.4 is 16.1 Å². The molecule has 0 radical (unpaired) electrons. The maximum absolute atomic E-state index is 12.5. The molecule has 8 nitrogen and oxygen atoms in total. The molecule has 8 heteroatoms. The molecule has 3 rings (SSSR count). The molecule has 31 heavy (non-hydrogen) atoms. The summed E-state index contributed by atoms with van der Waals surface area (Å²) in [6, 6.07) is 14.2. The van der Waals surface area contributed by atoms with Crippen molar-refractivity contribution in [3.63, 3.8) is 0 Å². The summed E-state index contributed by atoms with van der Waals surface area (Å²) in [6.45, 7) is 2.69. The third-order valence-corrected chi connectivity index (χ3v) is 4.44. The zero-order valence-electron chi connectivity index (χ0n) is 16.8. The Balaban J connectivity index is 2.28. The Morgan fingerprint density at radius 3 is 1.58 bits per heavy atom. The van der Waals surface area contributed by atoms with Crippen molar-refractivity contribution in [3.05, 3.63) is 64.8 Å². The number of anilines is 2. The van der Waals surface area contributed by atoms with E-state index in [1.54, 1.807) is 48.5 Å². The van der Waals surface area contributed by atoms with Gasteiger partial charge in [-0.2, -0.15) is 0 Å². The van der Waals surface area contributed by atoms with Crippen LogP contribution in [0.3, 0.4) is 0 Å². The highest BCUT2D eigenvalue weighted by atomic mass is 16.3. The fourth-order valence-electron chi connectivity index (χ4n) is 3.13. The minimum atomic E-state index is -1.15. The second-order valence-corrected chi connectivity index (χ2v) is 6.87. The smallest absolute Gasteiger partial charge is 0.266 e. The van der Waals surface area contributed by atoms with Crippen LogP contribution in [0.25, 0.3) is 22.3 Å². The van der Waals surface area contributed by atoms with E-state index >= 15 is 0 Å². The maximum atomic E-state index is 12.5. The molecular formula is C23H20N2O6. The Morgan fingerprint density at radius 2 is 1.13 bits per heavy atom. The SMILES string of the molecule is CC(=O)Nc1cccc(-c2cc(-c3cccc(NC(C)=O)c3)c(O)c(=O)c(O)c2O)c1. The molecule has 0 saturated carbocycles. The second kappa shape index (κ2) is 8.58. The summed E-state index contributed by atoms with van der Waals surface area (Å²) < 4.78 is 0. The quantitative estimate of drug-likeness (QED) is 0.439. The minimum absolute atomic E-state index is 0.0349. The van der Waals surface area contributed by atoms with Crippen molar-refractivity contribution in [1.29, 1.82) is 0 Å². The molecule has 0 aliphatic heterocycles. The molecule has 0 bridgehead atoms. The molecular weight excluding hydrogens is 400 g/mol. The van der Waals surface area contributed by atoms with E-state index in [1.165, 1.54) is 19.9 Å². The Hall–Kier alpha value is -4.33. The monoisotopic (exact) mass is 420 g/mol. The number of aromatic hydroxyl groups is 3. The highest BCUT2D eigenvalue weighted by molar-refractivity contribution is 5.91. The number of amides is 2. The molecule has 5 N–H and O–H groups in total. The van der Waals surface area contributed by atoms with Gasteiger partial charge in [-0.15, -0.1) is 0 Å². The minimum Gasteiger partial charge on any atom is -0.504 e. The highest BCUT2D eigenvalue weighted by Gasteiger charge is 2.19. The molecule has 0 aliphatic rings. The molecule has 0 saturated heterocycles. The van der Waals surface area contributed by atoms with Crippen molar-refractivity contribution in [2.75, 3.05) is 10.6 Å². The van der Waals surface area contributed by atoms with Gasteiger partial charge in [0, 0.05) is 36.3 Å². The zero-order chi connectivity index (χ0) is 22.7. The van der Waals surface area contributed by atoms with Gasteiger partial charge in [0.15, 0.2) is 11.5 Å². The first-order valence-electron chi connectivity index (χ1n) is 9.25. The molecule has 0 fully saturated rings. The fraction of sp³-hybridized carbons (Fsp3) is 0.0870. The van der Waals surface area contributed by atoms with E-state index in [0.717, 1.165) is 0 Å². The molecule has 0 aromatic heterocycles. The Bertz CT molecular complexity index is 1250.